The Hall–Kier alpha value is -1.05. The van der Waals surface area contributed by atoms with Crippen molar-refractivity contribution in [3.05, 3.63) is 28.2 Å². The highest BCUT2D eigenvalue weighted by atomic mass is 79.9. The summed E-state index contributed by atoms with van der Waals surface area (Å²) in [4.78, 5) is 0. The van der Waals surface area contributed by atoms with E-state index < -0.39 is 0 Å². The Kier molecular flexibility index (Phi) is 4.17. The molecule has 0 heterocycles. The molecule has 3 nitrogen and oxygen atoms in total. The fourth-order valence-electron chi connectivity index (χ4n) is 2.54. The lowest BCUT2D eigenvalue weighted by Gasteiger charge is -2.52. The molecule has 19 heavy (non-hydrogen) atoms. The highest BCUT2D eigenvalue weighted by Gasteiger charge is 2.49. The second-order valence-corrected chi connectivity index (χ2v) is 6.42. The van der Waals surface area contributed by atoms with Crippen LogP contribution in [0.5, 0.6) is 0 Å². The summed E-state index contributed by atoms with van der Waals surface area (Å²) in [5.74, 6) is 0. The first-order valence-electron chi connectivity index (χ1n) is 6.56. The van der Waals surface area contributed by atoms with E-state index in [9.17, 15) is 0 Å². The molecule has 1 aromatic rings. The van der Waals surface area contributed by atoms with Crippen LogP contribution >= 0.6 is 15.9 Å². The Morgan fingerprint density at radius 1 is 1.53 bits per heavy atom. The van der Waals surface area contributed by atoms with Gasteiger partial charge < -0.3 is 10.1 Å². The first-order chi connectivity index (χ1) is 8.98. The highest BCUT2D eigenvalue weighted by molar-refractivity contribution is 9.10. The Labute approximate surface area is 123 Å². The lowest BCUT2D eigenvalue weighted by Crippen LogP contribution is -2.58. The maximum Gasteiger partial charge on any atom is 0.101 e. The summed E-state index contributed by atoms with van der Waals surface area (Å²) in [6.07, 6.45) is 1.28. The molecule has 2 unspecified atom stereocenters. The van der Waals surface area contributed by atoms with E-state index in [1.165, 1.54) is 0 Å². The molecule has 4 heteroatoms. The molecular weight excluding hydrogens is 304 g/mol. The van der Waals surface area contributed by atoms with Crippen LogP contribution in [-0.4, -0.2) is 18.8 Å². The van der Waals surface area contributed by atoms with Crippen molar-refractivity contribution in [1.29, 1.82) is 5.26 Å². The Morgan fingerprint density at radius 2 is 2.26 bits per heavy atom. The molecule has 0 radical (unpaired) electrons. The zero-order valence-corrected chi connectivity index (χ0v) is 13.1. The van der Waals surface area contributed by atoms with Crippen molar-refractivity contribution in [1.82, 2.24) is 0 Å². The number of hydrogen-bond acceptors (Lipinski definition) is 3. The van der Waals surface area contributed by atoms with Crippen LogP contribution in [0.2, 0.25) is 0 Å². The Morgan fingerprint density at radius 3 is 2.84 bits per heavy atom. The molecule has 2 atom stereocenters. The van der Waals surface area contributed by atoms with Crippen molar-refractivity contribution in [3.8, 4) is 6.07 Å². The predicted molar refractivity (Wildman–Crippen MR) is 80.1 cm³/mol. The van der Waals surface area contributed by atoms with E-state index in [4.69, 9.17) is 10.00 Å². The minimum Gasteiger partial charge on any atom is -0.380 e. The van der Waals surface area contributed by atoms with Gasteiger partial charge in [0.1, 0.15) is 6.07 Å². The molecule has 1 aliphatic carbocycles. The highest BCUT2D eigenvalue weighted by Crippen LogP contribution is 2.44. The minimum absolute atomic E-state index is 0.0883. The van der Waals surface area contributed by atoms with E-state index in [1.807, 2.05) is 25.1 Å². The van der Waals surface area contributed by atoms with Gasteiger partial charge in [-0.05, 0) is 31.5 Å². The van der Waals surface area contributed by atoms with E-state index in [0.717, 1.165) is 23.2 Å². The summed E-state index contributed by atoms with van der Waals surface area (Å²) >= 11 is 3.45. The molecule has 1 saturated carbocycles. The van der Waals surface area contributed by atoms with E-state index in [0.29, 0.717) is 17.7 Å². The van der Waals surface area contributed by atoms with E-state index in [2.05, 4.69) is 41.2 Å². The molecule has 1 aromatic carbocycles. The van der Waals surface area contributed by atoms with Gasteiger partial charge in [0.25, 0.3) is 0 Å². The van der Waals surface area contributed by atoms with Gasteiger partial charge in [-0.25, -0.2) is 0 Å². The Bertz CT molecular complexity index is 507. The molecule has 0 amide bonds. The first kappa shape index (κ1) is 14.4. The van der Waals surface area contributed by atoms with Crippen LogP contribution in [0.1, 0.15) is 32.8 Å². The number of hydrogen-bond donors (Lipinski definition) is 1. The molecule has 2 rings (SSSR count). The minimum atomic E-state index is 0.0883. The monoisotopic (exact) mass is 322 g/mol. The average molecular weight is 323 g/mol. The van der Waals surface area contributed by atoms with Crippen molar-refractivity contribution in [2.75, 3.05) is 11.9 Å². The molecule has 0 aromatic heterocycles. The molecule has 1 fully saturated rings. The maximum absolute atomic E-state index is 9.15. The molecule has 0 aliphatic heterocycles. The van der Waals surface area contributed by atoms with Crippen LogP contribution in [0.3, 0.4) is 0 Å². The number of halogens is 1. The van der Waals surface area contributed by atoms with Gasteiger partial charge in [0.15, 0.2) is 0 Å². The van der Waals surface area contributed by atoms with Crippen LogP contribution in [0.25, 0.3) is 0 Å². The molecule has 0 bridgehead atoms. The van der Waals surface area contributed by atoms with Crippen molar-refractivity contribution >= 4 is 21.6 Å². The third kappa shape index (κ3) is 2.77. The van der Waals surface area contributed by atoms with Crippen LogP contribution in [0.4, 0.5) is 5.69 Å². The second-order valence-electron chi connectivity index (χ2n) is 5.50. The summed E-state index contributed by atoms with van der Waals surface area (Å²) in [7, 11) is 0. The number of benzene rings is 1. The van der Waals surface area contributed by atoms with Gasteiger partial charge in [0.2, 0.25) is 0 Å². The number of nitrogens with zero attached hydrogens (tertiary/aromatic N) is 1. The van der Waals surface area contributed by atoms with Crippen LogP contribution in [-0.2, 0) is 4.74 Å². The standard InChI is InChI=1S/C15H19BrN2O/c1-4-19-14-8-13(15(14,2)3)18-12-7-11(16)6-5-10(12)9-17/h5-7,13-14,18H,4,8H2,1-3H3. The molecule has 1 N–H and O–H groups in total. The van der Waals surface area contributed by atoms with E-state index >= 15 is 0 Å². The number of nitrogens with one attached hydrogen (secondary N) is 1. The van der Waals surface area contributed by atoms with Crippen molar-refractivity contribution in [2.24, 2.45) is 5.41 Å². The zero-order chi connectivity index (χ0) is 14.0. The van der Waals surface area contributed by atoms with Crippen molar-refractivity contribution < 1.29 is 4.74 Å². The second kappa shape index (κ2) is 5.52. The number of rotatable bonds is 4. The normalized spacial score (nSPS) is 24.4. The molecule has 0 saturated heterocycles. The lowest BCUT2D eigenvalue weighted by molar-refractivity contribution is -0.0976. The van der Waals surface area contributed by atoms with Gasteiger partial charge in [-0.1, -0.05) is 29.8 Å². The Balaban J connectivity index is 2.12. The van der Waals surface area contributed by atoms with Gasteiger partial charge in [0, 0.05) is 22.5 Å². The smallest absolute Gasteiger partial charge is 0.101 e. The fourth-order valence-corrected chi connectivity index (χ4v) is 2.90. The third-order valence-electron chi connectivity index (χ3n) is 3.98. The molecular formula is C15H19BrN2O. The van der Waals surface area contributed by atoms with Crippen LogP contribution in [0.15, 0.2) is 22.7 Å². The predicted octanol–water partition coefficient (Wildman–Crippen LogP) is 3.94. The number of anilines is 1. The first-order valence-corrected chi connectivity index (χ1v) is 7.36. The van der Waals surface area contributed by atoms with Crippen LogP contribution in [0, 0.1) is 16.7 Å². The quantitative estimate of drug-likeness (QED) is 0.913. The largest absolute Gasteiger partial charge is 0.380 e. The van der Waals surface area contributed by atoms with Crippen LogP contribution < -0.4 is 5.32 Å². The lowest BCUT2D eigenvalue weighted by atomic mass is 9.64. The SMILES string of the molecule is CCOC1CC(Nc2cc(Br)ccc2C#N)C1(C)C. The van der Waals surface area contributed by atoms with E-state index in [-0.39, 0.29) is 5.41 Å². The molecule has 1 aliphatic rings. The maximum atomic E-state index is 9.15. The number of ether oxygens (including phenoxy) is 1. The fraction of sp³-hybridized carbons (Fsp3) is 0.533. The van der Waals surface area contributed by atoms with Gasteiger partial charge in [-0.2, -0.15) is 5.26 Å². The average Bonchev–Trinajstić information content (AvgIpc) is 2.38. The summed E-state index contributed by atoms with van der Waals surface area (Å²) in [6.45, 7) is 7.19. The summed E-state index contributed by atoms with van der Waals surface area (Å²) in [5.41, 5.74) is 1.66. The van der Waals surface area contributed by atoms with Gasteiger partial charge in [0.05, 0.1) is 17.4 Å². The summed E-state index contributed by atoms with van der Waals surface area (Å²) in [6, 6.07) is 8.24. The van der Waals surface area contributed by atoms with Crippen molar-refractivity contribution in [3.63, 3.8) is 0 Å². The number of nitriles is 1. The molecule has 102 valence electrons. The molecule has 0 spiro atoms. The third-order valence-corrected chi connectivity index (χ3v) is 4.47. The van der Waals surface area contributed by atoms with Crippen molar-refractivity contribution in [2.45, 2.75) is 39.3 Å². The summed E-state index contributed by atoms with van der Waals surface area (Å²) in [5, 5.41) is 12.6. The van der Waals surface area contributed by atoms with Gasteiger partial charge >= 0.3 is 0 Å². The van der Waals surface area contributed by atoms with Gasteiger partial charge in [-0.3, -0.25) is 0 Å². The zero-order valence-electron chi connectivity index (χ0n) is 11.5. The van der Waals surface area contributed by atoms with Gasteiger partial charge in [-0.15, -0.1) is 0 Å². The topological polar surface area (TPSA) is 45.0 Å². The van der Waals surface area contributed by atoms with E-state index in [1.54, 1.807) is 0 Å². The summed E-state index contributed by atoms with van der Waals surface area (Å²) < 4.78 is 6.71.